The molecule has 1 aliphatic carbocycles. The van der Waals surface area contributed by atoms with Crippen LogP contribution >= 0.6 is 0 Å². The summed E-state index contributed by atoms with van der Waals surface area (Å²) in [5.41, 5.74) is 3.56. The fraction of sp³-hybridized carbons (Fsp3) is 0.429. The van der Waals surface area contributed by atoms with E-state index in [4.69, 9.17) is 15.3 Å². The molecule has 3 heterocycles. The molecular formula is C28H32FN5O4. The zero-order valence-electron chi connectivity index (χ0n) is 21.5. The molecular weight excluding hydrogens is 489 g/mol. The second kappa shape index (κ2) is 10.4. The lowest BCUT2D eigenvalue weighted by molar-refractivity contribution is 0.0784. The van der Waals surface area contributed by atoms with Crippen molar-refractivity contribution in [2.24, 2.45) is 18.9 Å². The Morgan fingerprint density at radius 3 is 2.58 bits per heavy atom. The number of aryl methyl sites for hydroxylation is 2. The normalized spacial score (nSPS) is 21.0. The molecule has 200 valence electrons. The van der Waals surface area contributed by atoms with Crippen molar-refractivity contribution in [1.29, 1.82) is 5.41 Å². The molecule has 0 spiro atoms. The topological polar surface area (TPSA) is 122 Å². The van der Waals surface area contributed by atoms with E-state index in [9.17, 15) is 14.0 Å². The first-order valence-electron chi connectivity index (χ1n) is 12.9. The van der Waals surface area contributed by atoms with Crippen LogP contribution in [0.5, 0.6) is 5.75 Å². The third-order valence-electron chi connectivity index (χ3n) is 7.78. The van der Waals surface area contributed by atoms with E-state index in [1.807, 2.05) is 18.3 Å². The number of fused-ring (bicyclic) bond motifs is 1. The van der Waals surface area contributed by atoms with Crippen LogP contribution in [-0.4, -0.2) is 43.7 Å². The Kier molecular flexibility index (Phi) is 7.05. The van der Waals surface area contributed by atoms with Crippen LogP contribution in [0.3, 0.4) is 0 Å². The number of pyridine rings is 1. The van der Waals surface area contributed by atoms with Gasteiger partial charge < -0.3 is 24.3 Å². The van der Waals surface area contributed by atoms with Gasteiger partial charge in [0.25, 0.3) is 0 Å². The molecule has 1 saturated carbocycles. The highest BCUT2D eigenvalue weighted by Crippen LogP contribution is 2.41. The van der Waals surface area contributed by atoms with Crippen molar-refractivity contribution in [3.05, 3.63) is 65.0 Å². The number of hydrogen-bond acceptors (Lipinski definition) is 5. The number of aromatic nitrogens is 3. The first kappa shape index (κ1) is 25.7. The Morgan fingerprint density at radius 2 is 1.92 bits per heavy atom. The van der Waals surface area contributed by atoms with Gasteiger partial charge in [-0.15, -0.1) is 0 Å². The van der Waals surface area contributed by atoms with E-state index in [-0.39, 0.29) is 24.3 Å². The van der Waals surface area contributed by atoms with Crippen molar-refractivity contribution in [2.45, 2.75) is 51.6 Å². The summed E-state index contributed by atoms with van der Waals surface area (Å²) in [6.45, 7) is 2.39. The molecule has 2 aliphatic rings. The quantitative estimate of drug-likeness (QED) is 0.418. The predicted octanol–water partition coefficient (Wildman–Crippen LogP) is 4.27. The number of carbonyl (C=O) groups excluding carboxylic acids is 1. The number of imidazole rings is 1. The number of nitrogens with one attached hydrogen (secondary N) is 2. The van der Waals surface area contributed by atoms with Gasteiger partial charge in [0.1, 0.15) is 5.75 Å². The lowest BCUT2D eigenvalue weighted by Crippen LogP contribution is -2.37. The van der Waals surface area contributed by atoms with E-state index < -0.39 is 12.0 Å². The fourth-order valence-electron chi connectivity index (χ4n) is 5.76. The minimum absolute atomic E-state index is 0.0250. The van der Waals surface area contributed by atoms with Crippen LogP contribution in [0.4, 0.5) is 9.18 Å². The maximum absolute atomic E-state index is 13.8. The van der Waals surface area contributed by atoms with E-state index in [1.165, 1.54) is 6.07 Å². The highest BCUT2D eigenvalue weighted by Gasteiger charge is 2.34. The number of carbonyl (C=O) groups is 2. The van der Waals surface area contributed by atoms with Crippen molar-refractivity contribution < 1.29 is 23.8 Å². The lowest BCUT2D eigenvalue weighted by Gasteiger charge is -2.32. The van der Waals surface area contributed by atoms with Crippen molar-refractivity contribution >= 4 is 11.9 Å². The molecule has 3 N–H and O–H groups in total. The zero-order valence-corrected chi connectivity index (χ0v) is 21.5. The Balaban J connectivity index is 1.45. The summed E-state index contributed by atoms with van der Waals surface area (Å²) in [5, 5.41) is 19.8. The monoisotopic (exact) mass is 521 g/mol. The molecule has 1 fully saturated rings. The third-order valence-corrected chi connectivity index (χ3v) is 7.78. The van der Waals surface area contributed by atoms with Gasteiger partial charge in [-0.25, -0.2) is 9.78 Å². The van der Waals surface area contributed by atoms with E-state index in [0.717, 1.165) is 31.2 Å². The zero-order chi connectivity index (χ0) is 27.0. The fourth-order valence-corrected chi connectivity index (χ4v) is 5.76. The Hall–Kier alpha value is -3.95. The molecule has 0 saturated heterocycles. The van der Waals surface area contributed by atoms with Crippen LogP contribution in [0.15, 0.2) is 36.7 Å². The Morgan fingerprint density at radius 1 is 1.18 bits per heavy atom. The van der Waals surface area contributed by atoms with Gasteiger partial charge in [0.2, 0.25) is 11.6 Å². The number of halogens is 1. The summed E-state index contributed by atoms with van der Waals surface area (Å²) >= 11 is 0. The van der Waals surface area contributed by atoms with Crippen LogP contribution in [0, 0.1) is 30.1 Å². The molecule has 1 unspecified atom stereocenters. The average molecular weight is 522 g/mol. The summed E-state index contributed by atoms with van der Waals surface area (Å²) in [5.74, 6) is -0.0108. The van der Waals surface area contributed by atoms with Gasteiger partial charge in [-0.05, 0) is 74.8 Å². The molecule has 1 atom stereocenters. The summed E-state index contributed by atoms with van der Waals surface area (Å²) < 4.78 is 23.5. The molecule has 1 aromatic carbocycles. The molecule has 1 aliphatic heterocycles. The molecule has 5 rings (SSSR count). The number of Topliss-reactive ketones (excluding diaryl/α,β-unsaturated/α-hetero) is 1. The first-order chi connectivity index (χ1) is 18.2. The van der Waals surface area contributed by atoms with Gasteiger partial charge in [0.05, 0.1) is 24.6 Å². The number of carboxylic acid groups (broad SMARTS) is 1. The highest BCUT2D eigenvalue weighted by atomic mass is 19.1. The van der Waals surface area contributed by atoms with E-state index in [1.54, 1.807) is 35.4 Å². The minimum Gasteiger partial charge on any atom is -0.491 e. The number of nitrogens with zero attached hydrogens (tertiary/aromatic N) is 3. The maximum Gasteiger partial charge on any atom is 0.404 e. The van der Waals surface area contributed by atoms with Gasteiger partial charge in [0.15, 0.2) is 5.78 Å². The summed E-state index contributed by atoms with van der Waals surface area (Å²) in [6.07, 6.45) is 6.59. The predicted molar refractivity (Wildman–Crippen MR) is 138 cm³/mol. The number of benzene rings is 1. The van der Waals surface area contributed by atoms with E-state index >= 15 is 0 Å². The first-order valence-corrected chi connectivity index (χ1v) is 12.9. The molecule has 1 amide bonds. The highest BCUT2D eigenvalue weighted by molar-refractivity contribution is 6.03. The molecule has 0 radical (unpaired) electrons. The SMILES string of the molecule is Cc1nc(F)ccc1-c1cc(Cn2ccn(C)c2=N)cc2c1OCC(CC1CCC(NC(=O)O)CC1)C2=O. The standard InChI is InChI=1S/C28H32FN5O4/c1-16-21(7-8-24(29)31-16)22-12-18(14-34-10-9-33(2)27(34)30)13-23-25(35)19(15-38-26(22)23)11-17-3-5-20(6-4-17)32-28(36)37/h7-10,12-13,17,19-20,30,32H,3-6,11,14-15H2,1-2H3,(H,36,37). The summed E-state index contributed by atoms with van der Waals surface area (Å²) in [6, 6.07) is 6.72. The second-order valence-corrected chi connectivity index (χ2v) is 10.4. The van der Waals surface area contributed by atoms with Gasteiger partial charge in [-0.1, -0.05) is 0 Å². The van der Waals surface area contributed by atoms with Gasteiger partial charge in [-0.2, -0.15) is 4.39 Å². The lowest BCUT2D eigenvalue weighted by atomic mass is 9.78. The van der Waals surface area contributed by atoms with E-state index in [2.05, 4.69) is 10.3 Å². The summed E-state index contributed by atoms with van der Waals surface area (Å²) in [4.78, 5) is 28.7. The smallest absolute Gasteiger partial charge is 0.404 e. The van der Waals surface area contributed by atoms with Crippen molar-refractivity contribution in [2.75, 3.05) is 6.61 Å². The van der Waals surface area contributed by atoms with Crippen LogP contribution in [0.2, 0.25) is 0 Å². The van der Waals surface area contributed by atoms with Gasteiger partial charge in [0, 0.05) is 42.3 Å². The summed E-state index contributed by atoms with van der Waals surface area (Å²) in [7, 11) is 1.80. The number of ether oxygens (including phenoxy) is 1. The molecule has 38 heavy (non-hydrogen) atoms. The Bertz CT molecular complexity index is 1440. The van der Waals surface area contributed by atoms with Crippen molar-refractivity contribution in [1.82, 2.24) is 19.4 Å². The third kappa shape index (κ3) is 5.20. The minimum atomic E-state index is -0.995. The van der Waals surface area contributed by atoms with Crippen molar-refractivity contribution in [3.8, 4) is 16.9 Å². The second-order valence-electron chi connectivity index (χ2n) is 10.4. The largest absolute Gasteiger partial charge is 0.491 e. The number of amides is 1. The van der Waals surface area contributed by atoms with Gasteiger partial charge >= 0.3 is 6.09 Å². The van der Waals surface area contributed by atoms with E-state index in [0.29, 0.717) is 52.6 Å². The van der Waals surface area contributed by atoms with Crippen LogP contribution < -0.4 is 15.7 Å². The molecule has 3 aromatic rings. The Labute approximate surface area is 219 Å². The molecule has 9 nitrogen and oxygen atoms in total. The molecule has 0 bridgehead atoms. The number of ketones is 1. The molecule has 10 heteroatoms. The van der Waals surface area contributed by atoms with Crippen LogP contribution in [0.1, 0.15) is 53.7 Å². The average Bonchev–Trinajstić information content (AvgIpc) is 3.18. The number of rotatable bonds is 6. The molecule has 2 aromatic heterocycles. The number of hydrogen-bond donors (Lipinski definition) is 3. The maximum atomic E-state index is 13.8. The van der Waals surface area contributed by atoms with Crippen molar-refractivity contribution in [3.63, 3.8) is 0 Å². The van der Waals surface area contributed by atoms with Gasteiger partial charge in [-0.3, -0.25) is 10.2 Å². The van der Waals surface area contributed by atoms with Crippen LogP contribution in [-0.2, 0) is 13.6 Å². The van der Waals surface area contributed by atoms with Crippen LogP contribution in [0.25, 0.3) is 11.1 Å².